The molecule has 0 saturated carbocycles. The fourth-order valence-electron chi connectivity index (χ4n) is 4.34. The van der Waals surface area contributed by atoms with Crippen LogP contribution in [0.3, 0.4) is 0 Å². The third kappa shape index (κ3) is 2.86. The van der Waals surface area contributed by atoms with Crippen LogP contribution in [0.2, 0.25) is 0 Å². The van der Waals surface area contributed by atoms with Crippen LogP contribution in [0.25, 0.3) is 0 Å². The highest BCUT2D eigenvalue weighted by atomic mass is 16.5. The van der Waals surface area contributed by atoms with Gasteiger partial charge in [-0.1, -0.05) is 6.07 Å². The largest absolute Gasteiger partial charge is 0.496 e. The van der Waals surface area contributed by atoms with Gasteiger partial charge in [0.05, 0.1) is 19.6 Å². The van der Waals surface area contributed by atoms with E-state index in [1.807, 2.05) is 24.9 Å². The molecular weight excluding hydrogens is 304 g/mol. The van der Waals surface area contributed by atoms with Gasteiger partial charge >= 0.3 is 0 Å². The van der Waals surface area contributed by atoms with Gasteiger partial charge in [0, 0.05) is 37.8 Å². The van der Waals surface area contributed by atoms with E-state index in [1.165, 1.54) is 0 Å². The molecule has 2 fully saturated rings. The van der Waals surface area contributed by atoms with E-state index in [4.69, 9.17) is 9.47 Å². The Kier molecular flexibility index (Phi) is 4.72. The highest BCUT2D eigenvalue weighted by Gasteiger charge is 2.47. The average Bonchev–Trinajstić information content (AvgIpc) is 2.97. The van der Waals surface area contributed by atoms with Crippen molar-refractivity contribution in [2.45, 2.75) is 32.7 Å². The number of nitrogens with zero attached hydrogens (tertiary/aromatic N) is 2. The molecule has 24 heavy (non-hydrogen) atoms. The van der Waals surface area contributed by atoms with Crippen molar-refractivity contribution in [3.05, 3.63) is 23.3 Å². The van der Waals surface area contributed by atoms with Gasteiger partial charge in [-0.25, -0.2) is 0 Å². The normalized spacial score (nSPS) is 24.7. The Balaban J connectivity index is 1.76. The molecule has 5 nitrogen and oxygen atoms in total. The lowest BCUT2D eigenvalue weighted by Crippen LogP contribution is -2.48. The predicted octanol–water partition coefficient (Wildman–Crippen LogP) is 2.46. The molecular formula is C19H28N2O3. The maximum Gasteiger partial charge on any atom is 0.229 e. The molecule has 0 aliphatic carbocycles. The van der Waals surface area contributed by atoms with E-state index in [0.29, 0.717) is 5.91 Å². The minimum Gasteiger partial charge on any atom is -0.496 e. The van der Waals surface area contributed by atoms with Gasteiger partial charge in [-0.3, -0.25) is 9.69 Å². The number of methoxy groups -OCH3 is 2. The minimum absolute atomic E-state index is 0.165. The zero-order chi connectivity index (χ0) is 17.3. The zero-order valence-corrected chi connectivity index (χ0v) is 15.2. The van der Waals surface area contributed by atoms with E-state index in [2.05, 4.69) is 11.0 Å². The molecule has 2 aliphatic rings. The SMILES string of the molecule is COc1ccc(CN2CCC3(CCCN(C)C3=O)C2)c(OC)c1C. The number of amides is 1. The van der Waals surface area contributed by atoms with Crippen LogP contribution < -0.4 is 9.47 Å². The fourth-order valence-corrected chi connectivity index (χ4v) is 4.34. The zero-order valence-electron chi connectivity index (χ0n) is 15.2. The number of rotatable bonds is 4. The molecule has 2 heterocycles. The van der Waals surface area contributed by atoms with Gasteiger partial charge in [0.1, 0.15) is 11.5 Å². The highest BCUT2D eigenvalue weighted by molar-refractivity contribution is 5.83. The number of ether oxygens (including phenoxy) is 2. The number of benzene rings is 1. The summed E-state index contributed by atoms with van der Waals surface area (Å²) in [4.78, 5) is 17.0. The Hall–Kier alpha value is -1.75. The lowest BCUT2D eigenvalue weighted by molar-refractivity contribution is -0.143. The summed E-state index contributed by atoms with van der Waals surface area (Å²) >= 11 is 0. The lowest BCUT2D eigenvalue weighted by atomic mass is 9.78. The van der Waals surface area contributed by atoms with Crippen LogP contribution in [0, 0.1) is 12.3 Å². The summed E-state index contributed by atoms with van der Waals surface area (Å²) in [6, 6.07) is 4.07. The molecule has 132 valence electrons. The molecule has 2 aliphatic heterocycles. The van der Waals surface area contributed by atoms with Crippen molar-refractivity contribution in [2.75, 3.05) is 40.9 Å². The first kappa shape index (κ1) is 17.1. The second-order valence-electron chi connectivity index (χ2n) is 7.16. The molecule has 5 heteroatoms. The Morgan fingerprint density at radius 2 is 1.96 bits per heavy atom. The third-order valence-electron chi connectivity index (χ3n) is 5.64. The van der Waals surface area contributed by atoms with Gasteiger partial charge in [-0.15, -0.1) is 0 Å². The monoisotopic (exact) mass is 332 g/mol. The topological polar surface area (TPSA) is 42.0 Å². The molecule has 0 aromatic heterocycles. The molecule has 1 amide bonds. The van der Waals surface area contributed by atoms with Crippen molar-refractivity contribution < 1.29 is 14.3 Å². The quantitative estimate of drug-likeness (QED) is 0.849. The first-order valence-corrected chi connectivity index (χ1v) is 8.69. The second-order valence-corrected chi connectivity index (χ2v) is 7.16. The third-order valence-corrected chi connectivity index (χ3v) is 5.64. The van der Waals surface area contributed by atoms with E-state index in [1.54, 1.807) is 14.2 Å². The van der Waals surface area contributed by atoms with E-state index in [-0.39, 0.29) is 5.41 Å². The van der Waals surface area contributed by atoms with Gasteiger partial charge in [0.2, 0.25) is 5.91 Å². The van der Waals surface area contributed by atoms with Crippen molar-refractivity contribution in [3.8, 4) is 11.5 Å². The summed E-state index contributed by atoms with van der Waals surface area (Å²) in [6.07, 6.45) is 3.10. The molecule has 1 atom stereocenters. The Labute approximate surface area is 144 Å². The molecule has 0 N–H and O–H groups in total. The molecule has 3 rings (SSSR count). The van der Waals surface area contributed by atoms with Gasteiger partial charge in [-0.2, -0.15) is 0 Å². The predicted molar refractivity (Wildman–Crippen MR) is 93.5 cm³/mol. The maximum absolute atomic E-state index is 12.7. The standard InChI is InChI=1S/C19H28N2O3/c1-14-16(23-3)7-6-15(17(14)24-4)12-21-11-9-19(13-21)8-5-10-20(2)18(19)22/h6-7H,5,8-13H2,1-4H3. The van der Waals surface area contributed by atoms with Crippen LogP contribution in [-0.4, -0.2) is 56.6 Å². The number of likely N-dealkylation sites (tertiary alicyclic amines) is 2. The summed E-state index contributed by atoms with van der Waals surface area (Å²) < 4.78 is 11.0. The van der Waals surface area contributed by atoms with Crippen LogP contribution in [0.1, 0.15) is 30.4 Å². The lowest BCUT2D eigenvalue weighted by Gasteiger charge is -2.37. The number of piperidine rings is 1. The van der Waals surface area contributed by atoms with E-state index in [0.717, 1.165) is 68.1 Å². The van der Waals surface area contributed by atoms with Crippen molar-refractivity contribution in [1.29, 1.82) is 0 Å². The molecule has 1 unspecified atom stereocenters. The van der Waals surface area contributed by atoms with E-state index in [9.17, 15) is 4.79 Å². The summed E-state index contributed by atoms with van der Waals surface area (Å²) in [5.41, 5.74) is 2.02. The van der Waals surface area contributed by atoms with Crippen molar-refractivity contribution >= 4 is 5.91 Å². The molecule has 0 radical (unpaired) electrons. The van der Waals surface area contributed by atoms with Crippen molar-refractivity contribution in [3.63, 3.8) is 0 Å². The van der Waals surface area contributed by atoms with Gasteiger partial charge in [-0.05, 0) is 38.8 Å². The average molecular weight is 332 g/mol. The van der Waals surface area contributed by atoms with Crippen LogP contribution in [0.5, 0.6) is 11.5 Å². The first-order chi connectivity index (χ1) is 11.5. The van der Waals surface area contributed by atoms with Crippen LogP contribution in [-0.2, 0) is 11.3 Å². The van der Waals surface area contributed by atoms with E-state index < -0.39 is 0 Å². The van der Waals surface area contributed by atoms with Crippen LogP contribution >= 0.6 is 0 Å². The van der Waals surface area contributed by atoms with Gasteiger partial charge in [0.15, 0.2) is 0 Å². The molecule has 1 aromatic rings. The summed E-state index contributed by atoms with van der Waals surface area (Å²) in [7, 11) is 5.31. The van der Waals surface area contributed by atoms with E-state index >= 15 is 0 Å². The summed E-state index contributed by atoms with van der Waals surface area (Å²) in [6.45, 7) is 5.54. The number of carbonyl (C=O) groups excluding carboxylic acids is 1. The van der Waals surface area contributed by atoms with Crippen molar-refractivity contribution in [1.82, 2.24) is 9.80 Å². The Bertz CT molecular complexity index is 631. The molecule has 1 spiro atoms. The number of hydrogen-bond donors (Lipinski definition) is 0. The van der Waals surface area contributed by atoms with Crippen LogP contribution in [0.15, 0.2) is 12.1 Å². The number of hydrogen-bond acceptors (Lipinski definition) is 4. The number of carbonyl (C=O) groups is 1. The van der Waals surface area contributed by atoms with Crippen LogP contribution in [0.4, 0.5) is 0 Å². The molecule has 1 aromatic carbocycles. The minimum atomic E-state index is -0.165. The van der Waals surface area contributed by atoms with Crippen molar-refractivity contribution in [2.24, 2.45) is 5.41 Å². The fraction of sp³-hybridized carbons (Fsp3) is 0.632. The van der Waals surface area contributed by atoms with Gasteiger partial charge < -0.3 is 14.4 Å². The summed E-state index contributed by atoms with van der Waals surface area (Å²) in [5.74, 6) is 2.06. The molecule has 0 bridgehead atoms. The Morgan fingerprint density at radius 1 is 1.17 bits per heavy atom. The summed E-state index contributed by atoms with van der Waals surface area (Å²) in [5, 5.41) is 0. The van der Waals surface area contributed by atoms with Gasteiger partial charge in [0.25, 0.3) is 0 Å². The maximum atomic E-state index is 12.7. The smallest absolute Gasteiger partial charge is 0.229 e. The second kappa shape index (κ2) is 6.63. The molecule has 2 saturated heterocycles. The Morgan fingerprint density at radius 3 is 2.67 bits per heavy atom. The highest BCUT2D eigenvalue weighted by Crippen LogP contribution is 2.41. The first-order valence-electron chi connectivity index (χ1n) is 8.69.